The number of methoxy groups -OCH3 is 1. The lowest BCUT2D eigenvalue weighted by atomic mass is 10.2. The number of nitrogens with one attached hydrogen (secondary N) is 1. The maximum Gasteiger partial charge on any atom is 0.253 e. The summed E-state index contributed by atoms with van der Waals surface area (Å²) in [6.07, 6.45) is 3.60. The number of pyridine rings is 1. The van der Waals surface area contributed by atoms with E-state index in [-0.39, 0.29) is 5.91 Å². The van der Waals surface area contributed by atoms with E-state index in [0.29, 0.717) is 24.6 Å². The summed E-state index contributed by atoms with van der Waals surface area (Å²) in [6.45, 7) is 10.4. The summed E-state index contributed by atoms with van der Waals surface area (Å²) in [7, 11) is 1.71. The molecule has 0 saturated heterocycles. The van der Waals surface area contributed by atoms with Gasteiger partial charge in [-0.3, -0.25) is 9.78 Å². The van der Waals surface area contributed by atoms with Gasteiger partial charge in [-0.05, 0) is 43.9 Å². The number of aryl methyl sites for hydroxylation is 1. The third-order valence-electron chi connectivity index (χ3n) is 5.20. The molecule has 0 aliphatic heterocycles. The van der Waals surface area contributed by atoms with E-state index in [4.69, 9.17) is 9.72 Å². The van der Waals surface area contributed by atoms with Crippen LogP contribution in [0.25, 0.3) is 22.0 Å². The molecule has 0 radical (unpaired) electrons. The van der Waals surface area contributed by atoms with Gasteiger partial charge < -0.3 is 14.6 Å². The Morgan fingerprint density at radius 1 is 1.32 bits per heavy atom. The van der Waals surface area contributed by atoms with E-state index in [2.05, 4.69) is 47.1 Å². The first-order valence-corrected chi connectivity index (χ1v) is 11.7. The second-order valence-electron chi connectivity index (χ2n) is 8.06. The van der Waals surface area contributed by atoms with Gasteiger partial charge in [0.1, 0.15) is 5.01 Å². The lowest BCUT2D eigenvalue weighted by Crippen LogP contribution is -2.27. The van der Waals surface area contributed by atoms with E-state index in [1.54, 1.807) is 18.4 Å². The third kappa shape index (κ3) is 5.60. The summed E-state index contributed by atoms with van der Waals surface area (Å²) in [5.74, 6) is 0.372. The first-order chi connectivity index (χ1) is 14.9. The minimum absolute atomic E-state index is 0.0323. The van der Waals surface area contributed by atoms with Crippen molar-refractivity contribution in [1.82, 2.24) is 19.9 Å². The molecule has 0 fully saturated rings. The molecule has 3 heterocycles. The number of amides is 1. The lowest BCUT2D eigenvalue weighted by Gasteiger charge is -2.11. The number of hydrogen-bond donors (Lipinski definition) is 1. The predicted molar refractivity (Wildman–Crippen MR) is 127 cm³/mol. The SMILES string of the molecule is CCc1cc(-c2nc(-c3cc(C(=O)NCC(C)C)c(C)n3CCCOC)cs2)ccn1. The van der Waals surface area contributed by atoms with Crippen LogP contribution in [0.2, 0.25) is 0 Å². The van der Waals surface area contributed by atoms with Crippen molar-refractivity contribution in [3.63, 3.8) is 0 Å². The van der Waals surface area contributed by atoms with Gasteiger partial charge in [0, 0.05) is 55.3 Å². The van der Waals surface area contributed by atoms with Crippen LogP contribution in [0.15, 0.2) is 29.8 Å². The number of aromatic nitrogens is 3. The number of carbonyl (C=O) groups is 1. The van der Waals surface area contributed by atoms with Crippen LogP contribution >= 0.6 is 11.3 Å². The van der Waals surface area contributed by atoms with Crippen LogP contribution in [-0.2, 0) is 17.7 Å². The number of nitrogens with zero attached hydrogens (tertiary/aromatic N) is 3. The summed E-state index contributed by atoms with van der Waals surface area (Å²) in [5, 5.41) is 6.07. The van der Waals surface area contributed by atoms with E-state index in [1.807, 2.05) is 25.3 Å². The number of hydrogen-bond acceptors (Lipinski definition) is 5. The zero-order valence-electron chi connectivity index (χ0n) is 19.1. The van der Waals surface area contributed by atoms with Crippen LogP contribution in [-0.4, -0.2) is 40.7 Å². The summed E-state index contributed by atoms with van der Waals surface area (Å²) < 4.78 is 7.43. The Labute approximate surface area is 188 Å². The van der Waals surface area contributed by atoms with Gasteiger partial charge in [0.05, 0.1) is 17.0 Å². The third-order valence-corrected chi connectivity index (χ3v) is 6.10. The summed E-state index contributed by atoms with van der Waals surface area (Å²) in [5.41, 5.74) is 5.65. The minimum atomic E-state index is -0.0323. The van der Waals surface area contributed by atoms with Crippen LogP contribution < -0.4 is 5.32 Å². The number of ether oxygens (including phenoxy) is 1. The van der Waals surface area contributed by atoms with Crippen molar-refractivity contribution >= 4 is 17.2 Å². The molecular weight excluding hydrogens is 408 g/mol. The monoisotopic (exact) mass is 440 g/mol. The fraction of sp³-hybridized carbons (Fsp3) is 0.458. The Balaban J connectivity index is 1.96. The van der Waals surface area contributed by atoms with Crippen LogP contribution in [0.3, 0.4) is 0 Å². The highest BCUT2D eigenvalue weighted by Crippen LogP contribution is 2.32. The predicted octanol–water partition coefficient (Wildman–Crippen LogP) is 4.97. The maximum atomic E-state index is 12.8. The molecular formula is C24H32N4O2S. The Bertz CT molecular complexity index is 1020. The zero-order valence-corrected chi connectivity index (χ0v) is 19.9. The fourth-order valence-electron chi connectivity index (χ4n) is 3.46. The number of rotatable bonds is 10. The molecule has 0 aromatic carbocycles. The van der Waals surface area contributed by atoms with Crippen LogP contribution in [0.5, 0.6) is 0 Å². The molecule has 1 N–H and O–H groups in total. The highest BCUT2D eigenvalue weighted by Gasteiger charge is 2.20. The minimum Gasteiger partial charge on any atom is -0.385 e. The molecule has 0 aliphatic carbocycles. The van der Waals surface area contributed by atoms with Gasteiger partial charge in [0.25, 0.3) is 5.91 Å². The largest absolute Gasteiger partial charge is 0.385 e. The normalized spacial score (nSPS) is 11.3. The zero-order chi connectivity index (χ0) is 22.4. The molecule has 0 spiro atoms. The van der Waals surface area contributed by atoms with Crippen molar-refractivity contribution in [3.8, 4) is 22.0 Å². The van der Waals surface area contributed by atoms with Crippen molar-refractivity contribution in [3.05, 3.63) is 46.7 Å². The first-order valence-electron chi connectivity index (χ1n) is 10.8. The molecule has 3 aromatic rings. The summed E-state index contributed by atoms with van der Waals surface area (Å²) in [6, 6.07) is 6.06. The molecule has 0 aliphatic rings. The van der Waals surface area contributed by atoms with Crippen molar-refractivity contribution in [1.29, 1.82) is 0 Å². The van der Waals surface area contributed by atoms with Crippen molar-refractivity contribution in [2.24, 2.45) is 5.92 Å². The fourth-order valence-corrected chi connectivity index (χ4v) is 4.27. The highest BCUT2D eigenvalue weighted by atomic mass is 32.1. The highest BCUT2D eigenvalue weighted by molar-refractivity contribution is 7.13. The second-order valence-corrected chi connectivity index (χ2v) is 8.92. The molecule has 7 heteroatoms. The van der Waals surface area contributed by atoms with E-state index >= 15 is 0 Å². The molecule has 0 unspecified atom stereocenters. The molecule has 31 heavy (non-hydrogen) atoms. The summed E-state index contributed by atoms with van der Waals surface area (Å²) >= 11 is 1.61. The van der Waals surface area contributed by atoms with Crippen LogP contribution in [0.1, 0.15) is 48.9 Å². The van der Waals surface area contributed by atoms with Crippen molar-refractivity contribution in [2.45, 2.75) is 47.1 Å². The van der Waals surface area contributed by atoms with Gasteiger partial charge >= 0.3 is 0 Å². The quantitative estimate of drug-likeness (QED) is 0.452. The Hall–Kier alpha value is -2.51. The van der Waals surface area contributed by atoms with E-state index in [0.717, 1.165) is 52.7 Å². The van der Waals surface area contributed by atoms with Crippen molar-refractivity contribution < 1.29 is 9.53 Å². The average molecular weight is 441 g/mol. The molecule has 0 saturated carbocycles. The number of carbonyl (C=O) groups excluding carboxylic acids is 1. The van der Waals surface area contributed by atoms with Crippen LogP contribution in [0.4, 0.5) is 0 Å². The van der Waals surface area contributed by atoms with Gasteiger partial charge in [-0.2, -0.15) is 0 Å². The average Bonchev–Trinajstić information content (AvgIpc) is 3.38. The standard InChI is InChI=1S/C24H32N4O2S/c1-6-19-12-18(8-9-25-19)24-27-21(15-31-24)22-13-20(23(29)26-14-16(2)3)17(4)28(22)10-7-11-30-5/h8-9,12-13,15-16H,6-7,10-11,14H2,1-5H3,(H,26,29). The number of thiazole rings is 1. The van der Waals surface area contributed by atoms with E-state index in [9.17, 15) is 4.79 Å². The van der Waals surface area contributed by atoms with E-state index in [1.165, 1.54) is 0 Å². The Kier molecular flexibility index (Phi) is 7.98. The summed E-state index contributed by atoms with van der Waals surface area (Å²) in [4.78, 5) is 22.1. The second kappa shape index (κ2) is 10.7. The van der Waals surface area contributed by atoms with Gasteiger partial charge in [-0.15, -0.1) is 11.3 Å². The van der Waals surface area contributed by atoms with Gasteiger partial charge in [-0.25, -0.2) is 4.98 Å². The van der Waals surface area contributed by atoms with Gasteiger partial charge in [0.2, 0.25) is 0 Å². The van der Waals surface area contributed by atoms with Crippen molar-refractivity contribution in [2.75, 3.05) is 20.3 Å². The molecule has 166 valence electrons. The van der Waals surface area contributed by atoms with Crippen LogP contribution in [0, 0.1) is 12.8 Å². The molecule has 1 amide bonds. The van der Waals surface area contributed by atoms with E-state index < -0.39 is 0 Å². The topological polar surface area (TPSA) is 69.0 Å². The van der Waals surface area contributed by atoms with Gasteiger partial charge in [0.15, 0.2) is 0 Å². The smallest absolute Gasteiger partial charge is 0.253 e. The molecule has 3 aromatic heterocycles. The Morgan fingerprint density at radius 2 is 2.13 bits per heavy atom. The molecule has 3 rings (SSSR count). The molecule has 6 nitrogen and oxygen atoms in total. The molecule has 0 bridgehead atoms. The lowest BCUT2D eigenvalue weighted by molar-refractivity contribution is 0.0948. The van der Waals surface area contributed by atoms with Gasteiger partial charge in [-0.1, -0.05) is 20.8 Å². The first kappa shape index (κ1) is 23.2. The maximum absolute atomic E-state index is 12.8. The molecule has 0 atom stereocenters. The Morgan fingerprint density at radius 3 is 2.84 bits per heavy atom.